The standard InChI is InChI=1S/C8H14O.C2H6/c1-3-5-8(2)6-4-7-9;1-2/h3,5,9H,2,4,6-7H2,1H3;1-2H3/b5-3-;. The van der Waals surface area contributed by atoms with Gasteiger partial charge < -0.3 is 5.11 Å². The molecular formula is C10H20O. The minimum Gasteiger partial charge on any atom is -0.396 e. The summed E-state index contributed by atoms with van der Waals surface area (Å²) in [7, 11) is 0. The molecule has 0 bridgehead atoms. The first kappa shape index (κ1) is 13.1. The number of hydrogen-bond acceptors (Lipinski definition) is 1. The molecule has 0 aromatic carbocycles. The van der Waals surface area contributed by atoms with Crippen LogP contribution in [0.3, 0.4) is 0 Å². The maximum atomic E-state index is 8.42. The summed E-state index contributed by atoms with van der Waals surface area (Å²) >= 11 is 0. The maximum absolute atomic E-state index is 8.42. The average molecular weight is 156 g/mol. The van der Waals surface area contributed by atoms with Gasteiger partial charge in [0, 0.05) is 6.61 Å². The lowest BCUT2D eigenvalue weighted by Gasteiger charge is -1.94. The molecule has 1 heteroatoms. The molecule has 0 atom stereocenters. The Morgan fingerprint density at radius 3 is 2.36 bits per heavy atom. The van der Waals surface area contributed by atoms with Crippen molar-refractivity contribution in [3.8, 4) is 0 Å². The summed E-state index contributed by atoms with van der Waals surface area (Å²) in [5.74, 6) is 0. The monoisotopic (exact) mass is 156 g/mol. The molecule has 1 nitrogen and oxygen atoms in total. The largest absolute Gasteiger partial charge is 0.396 e. The van der Waals surface area contributed by atoms with E-state index in [1.165, 1.54) is 0 Å². The van der Waals surface area contributed by atoms with Crippen LogP contribution in [0.4, 0.5) is 0 Å². The highest BCUT2D eigenvalue weighted by Gasteiger charge is 1.85. The molecule has 0 aromatic rings. The van der Waals surface area contributed by atoms with Gasteiger partial charge >= 0.3 is 0 Å². The summed E-state index contributed by atoms with van der Waals surface area (Å²) in [5.41, 5.74) is 1.09. The Balaban J connectivity index is 0. The topological polar surface area (TPSA) is 20.2 Å². The summed E-state index contributed by atoms with van der Waals surface area (Å²) in [6.45, 7) is 10.0. The predicted molar refractivity (Wildman–Crippen MR) is 51.6 cm³/mol. The van der Waals surface area contributed by atoms with Gasteiger partial charge in [-0.15, -0.1) is 0 Å². The second-order valence-electron chi connectivity index (χ2n) is 1.99. The van der Waals surface area contributed by atoms with Crippen LogP contribution in [0.25, 0.3) is 0 Å². The van der Waals surface area contributed by atoms with Crippen molar-refractivity contribution in [2.45, 2.75) is 33.6 Å². The molecule has 0 aromatic heterocycles. The highest BCUT2D eigenvalue weighted by atomic mass is 16.2. The van der Waals surface area contributed by atoms with Gasteiger partial charge in [-0.1, -0.05) is 38.2 Å². The molecule has 11 heavy (non-hydrogen) atoms. The second-order valence-corrected chi connectivity index (χ2v) is 1.99. The zero-order valence-corrected chi connectivity index (χ0v) is 7.93. The highest BCUT2D eigenvalue weighted by molar-refractivity contribution is 5.12. The molecular weight excluding hydrogens is 136 g/mol. The van der Waals surface area contributed by atoms with Crippen molar-refractivity contribution >= 4 is 0 Å². The Morgan fingerprint density at radius 2 is 2.00 bits per heavy atom. The van der Waals surface area contributed by atoms with E-state index in [2.05, 4.69) is 6.58 Å². The summed E-state index contributed by atoms with van der Waals surface area (Å²) < 4.78 is 0. The van der Waals surface area contributed by atoms with Gasteiger partial charge in [0.05, 0.1) is 0 Å². The molecule has 0 saturated heterocycles. The Labute approximate surface area is 70.4 Å². The number of rotatable bonds is 4. The van der Waals surface area contributed by atoms with E-state index in [9.17, 15) is 0 Å². The van der Waals surface area contributed by atoms with Crippen LogP contribution in [-0.2, 0) is 0 Å². The summed E-state index contributed by atoms with van der Waals surface area (Å²) in [6, 6.07) is 0. The van der Waals surface area contributed by atoms with Gasteiger partial charge in [0.1, 0.15) is 0 Å². The van der Waals surface area contributed by atoms with Crippen molar-refractivity contribution in [3.05, 3.63) is 24.3 Å². The first-order chi connectivity index (χ1) is 5.31. The average Bonchev–Trinajstić information content (AvgIpc) is 2.05. The van der Waals surface area contributed by atoms with E-state index in [-0.39, 0.29) is 6.61 Å². The van der Waals surface area contributed by atoms with Crippen LogP contribution < -0.4 is 0 Å². The fourth-order valence-corrected chi connectivity index (χ4v) is 0.625. The third kappa shape index (κ3) is 12.6. The second kappa shape index (κ2) is 12.1. The Morgan fingerprint density at radius 1 is 1.45 bits per heavy atom. The molecule has 66 valence electrons. The van der Waals surface area contributed by atoms with Crippen molar-refractivity contribution in [1.82, 2.24) is 0 Å². The molecule has 0 fully saturated rings. The smallest absolute Gasteiger partial charge is 0.0434 e. The fourth-order valence-electron chi connectivity index (χ4n) is 0.625. The molecule has 0 amide bonds. The minimum absolute atomic E-state index is 0.260. The van der Waals surface area contributed by atoms with E-state index in [1.54, 1.807) is 0 Å². The first-order valence-electron chi connectivity index (χ1n) is 4.22. The van der Waals surface area contributed by atoms with Crippen LogP contribution in [0, 0.1) is 0 Å². The van der Waals surface area contributed by atoms with Crippen molar-refractivity contribution in [3.63, 3.8) is 0 Å². The number of hydrogen-bond donors (Lipinski definition) is 1. The Kier molecular flexibility index (Phi) is 14.4. The zero-order valence-electron chi connectivity index (χ0n) is 7.93. The summed E-state index contributed by atoms with van der Waals surface area (Å²) in [4.78, 5) is 0. The number of allylic oxidation sites excluding steroid dienone is 3. The maximum Gasteiger partial charge on any atom is 0.0434 e. The van der Waals surface area contributed by atoms with Gasteiger partial charge in [0.15, 0.2) is 0 Å². The zero-order chi connectivity index (χ0) is 9.11. The highest BCUT2D eigenvalue weighted by Crippen LogP contribution is 2.01. The van der Waals surface area contributed by atoms with Gasteiger partial charge in [-0.25, -0.2) is 0 Å². The number of aliphatic hydroxyl groups excluding tert-OH is 1. The van der Waals surface area contributed by atoms with Crippen LogP contribution in [0.2, 0.25) is 0 Å². The van der Waals surface area contributed by atoms with E-state index in [4.69, 9.17) is 5.11 Å². The molecule has 0 unspecified atom stereocenters. The van der Waals surface area contributed by atoms with Gasteiger partial charge in [0.2, 0.25) is 0 Å². The normalized spacial score (nSPS) is 9.09. The quantitative estimate of drug-likeness (QED) is 0.620. The lowest BCUT2D eigenvalue weighted by molar-refractivity contribution is 0.289. The molecule has 1 N–H and O–H groups in total. The van der Waals surface area contributed by atoms with Gasteiger partial charge in [-0.05, 0) is 19.8 Å². The number of aliphatic hydroxyl groups is 1. The summed E-state index contributed by atoms with van der Waals surface area (Å²) in [6.07, 6.45) is 5.65. The lowest BCUT2D eigenvalue weighted by atomic mass is 10.1. The van der Waals surface area contributed by atoms with Gasteiger partial charge in [-0.2, -0.15) is 0 Å². The van der Waals surface area contributed by atoms with Crippen molar-refractivity contribution in [2.24, 2.45) is 0 Å². The Bertz CT molecular complexity index is 103. The van der Waals surface area contributed by atoms with E-state index in [0.717, 1.165) is 18.4 Å². The van der Waals surface area contributed by atoms with Crippen LogP contribution in [0.5, 0.6) is 0 Å². The third-order valence-electron chi connectivity index (χ3n) is 1.06. The first-order valence-corrected chi connectivity index (χ1v) is 4.22. The van der Waals surface area contributed by atoms with E-state index in [0.29, 0.717) is 0 Å². The molecule has 0 aliphatic heterocycles. The van der Waals surface area contributed by atoms with Crippen LogP contribution in [0.1, 0.15) is 33.6 Å². The molecule has 0 heterocycles. The minimum atomic E-state index is 0.260. The SMILES string of the molecule is C=C(/C=C\C)CCCO.CC. The lowest BCUT2D eigenvalue weighted by Crippen LogP contribution is -1.82. The van der Waals surface area contributed by atoms with Crippen molar-refractivity contribution in [2.75, 3.05) is 6.61 Å². The van der Waals surface area contributed by atoms with Gasteiger partial charge in [-0.3, -0.25) is 0 Å². The van der Waals surface area contributed by atoms with E-state index in [1.807, 2.05) is 32.9 Å². The molecule has 0 spiro atoms. The van der Waals surface area contributed by atoms with Crippen molar-refractivity contribution in [1.29, 1.82) is 0 Å². The molecule has 0 radical (unpaired) electrons. The van der Waals surface area contributed by atoms with Crippen molar-refractivity contribution < 1.29 is 5.11 Å². The summed E-state index contributed by atoms with van der Waals surface area (Å²) in [5, 5.41) is 8.42. The molecule has 0 rings (SSSR count). The van der Waals surface area contributed by atoms with Gasteiger partial charge in [0.25, 0.3) is 0 Å². The van der Waals surface area contributed by atoms with Crippen LogP contribution in [0.15, 0.2) is 24.3 Å². The fraction of sp³-hybridized carbons (Fsp3) is 0.600. The van der Waals surface area contributed by atoms with Crippen LogP contribution in [-0.4, -0.2) is 11.7 Å². The molecule has 0 aliphatic carbocycles. The molecule has 0 aliphatic rings. The van der Waals surface area contributed by atoms with Crippen LogP contribution >= 0.6 is 0 Å². The predicted octanol–water partition coefficient (Wildman–Crippen LogP) is 2.92. The molecule has 0 saturated carbocycles. The van der Waals surface area contributed by atoms with E-state index >= 15 is 0 Å². The van der Waals surface area contributed by atoms with E-state index < -0.39 is 0 Å². The third-order valence-corrected chi connectivity index (χ3v) is 1.06. The Hall–Kier alpha value is -0.560.